The minimum Gasteiger partial charge on any atom is -0.306 e. The van der Waals surface area contributed by atoms with Crippen LogP contribution in [0.2, 0.25) is 0 Å². The highest BCUT2D eigenvalue weighted by Gasteiger charge is 2.34. The number of para-hydroxylation sites is 2. The zero-order valence-corrected chi connectivity index (χ0v) is 16.9. The molecule has 2 heterocycles. The van der Waals surface area contributed by atoms with Gasteiger partial charge in [0, 0.05) is 13.1 Å². The predicted octanol–water partition coefficient (Wildman–Crippen LogP) is 3.53. The molecule has 0 aliphatic carbocycles. The lowest BCUT2D eigenvalue weighted by Crippen LogP contribution is -2.30. The molecule has 1 N–H and O–H groups in total. The largest absolute Gasteiger partial charge is 0.326 e. The van der Waals surface area contributed by atoms with Crippen LogP contribution in [0.15, 0.2) is 53.3 Å². The van der Waals surface area contributed by atoms with Crippen LogP contribution in [0.3, 0.4) is 0 Å². The van der Waals surface area contributed by atoms with Gasteiger partial charge in [-0.3, -0.25) is 19.1 Å². The summed E-state index contributed by atoms with van der Waals surface area (Å²) in [4.78, 5) is 40.9. The number of rotatable bonds is 9. The molecule has 1 aliphatic heterocycles. The van der Waals surface area contributed by atoms with E-state index in [4.69, 9.17) is 0 Å². The normalized spacial score (nSPS) is 13.4. The summed E-state index contributed by atoms with van der Waals surface area (Å²) in [5.41, 5.74) is 2.79. The number of nitrogens with one attached hydrogen (secondary N) is 1. The number of fused-ring (bicyclic) bond motifs is 2. The summed E-state index contributed by atoms with van der Waals surface area (Å²) < 4.78 is 1.79. The summed E-state index contributed by atoms with van der Waals surface area (Å²) in [6, 6.07) is 14.7. The second-order valence-electron chi connectivity index (χ2n) is 7.08. The number of aromatic amines is 1. The van der Waals surface area contributed by atoms with Gasteiger partial charge in [0.1, 0.15) is 0 Å². The summed E-state index contributed by atoms with van der Waals surface area (Å²) in [5, 5.41) is 0. The Kier molecular flexibility index (Phi) is 5.85. The van der Waals surface area contributed by atoms with Crippen molar-refractivity contribution in [3.8, 4) is 0 Å². The molecule has 0 spiro atoms. The van der Waals surface area contributed by atoms with E-state index in [1.54, 1.807) is 28.8 Å². The fourth-order valence-electron chi connectivity index (χ4n) is 3.67. The number of aryl methyl sites for hydroxylation is 1. The molecule has 29 heavy (non-hydrogen) atoms. The van der Waals surface area contributed by atoms with E-state index >= 15 is 0 Å². The monoisotopic (exact) mass is 409 g/mol. The molecule has 7 heteroatoms. The fraction of sp³-hybridized carbons (Fsp3) is 0.318. The second kappa shape index (κ2) is 8.69. The molecule has 6 nitrogen and oxygen atoms in total. The van der Waals surface area contributed by atoms with Crippen LogP contribution in [0.5, 0.6) is 0 Å². The van der Waals surface area contributed by atoms with Crippen molar-refractivity contribution >= 4 is 34.6 Å². The first-order chi connectivity index (χ1) is 14.2. The molecule has 0 atom stereocenters. The zero-order chi connectivity index (χ0) is 20.2. The molecule has 0 unspecified atom stereocenters. The molecule has 0 saturated carbocycles. The van der Waals surface area contributed by atoms with Gasteiger partial charge in [0.05, 0.1) is 22.2 Å². The topological polar surface area (TPSA) is 75.2 Å². The Morgan fingerprint density at radius 2 is 1.41 bits per heavy atom. The van der Waals surface area contributed by atoms with E-state index in [-0.39, 0.29) is 17.5 Å². The average Bonchev–Trinajstić information content (AvgIpc) is 3.18. The summed E-state index contributed by atoms with van der Waals surface area (Å²) >= 11 is 1.84. The third-order valence-electron chi connectivity index (χ3n) is 5.15. The maximum atomic E-state index is 12.3. The Morgan fingerprint density at radius 3 is 2.17 bits per heavy atom. The van der Waals surface area contributed by atoms with Crippen LogP contribution in [0.1, 0.15) is 40.0 Å². The van der Waals surface area contributed by atoms with Crippen molar-refractivity contribution in [2.75, 3.05) is 18.1 Å². The van der Waals surface area contributed by atoms with Crippen molar-refractivity contribution in [1.29, 1.82) is 0 Å². The number of benzene rings is 2. The van der Waals surface area contributed by atoms with Crippen molar-refractivity contribution < 1.29 is 9.59 Å². The molecule has 0 radical (unpaired) electrons. The van der Waals surface area contributed by atoms with Gasteiger partial charge in [0.25, 0.3) is 11.8 Å². The van der Waals surface area contributed by atoms with E-state index in [0.717, 1.165) is 41.8 Å². The Balaban J connectivity index is 1.15. The lowest BCUT2D eigenvalue weighted by atomic mass is 10.1. The minimum absolute atomic E-state index is 0.0582. The number of H-pyrrole nitrogens is 1. The minimum atomic E-state index is -0.178. The molecule has 4 rings (SSSR count). The maximum Gasteiger partial charge on any atom is 0.326 e. The molecule has 0 fully saturated rings. The van der Waals surface area contributed by atoms with E-state index in [1.165, 1.54) is 4.90 Å². The number of unbranched alkanes of at least 4 members (excludes halogenated alkanes) is 1. The Labute approximate surface area is 172 Å². The molecule has 0 saturated heterocycles. The van der Waals surface area contributed by atoms with Crippen molar-refractivity contribution in [2.24, 2.45) is 0 Å². The second-order valence-corrected chi connectivity index (χ2v) is 8.30. The van der Waals surface area contributed by atoms with Crippen LogP contribution in [0, 0.1) is 0 Å². The number of imidazole rings is 1. The standard InChI is InChI=1S/C22H23N3O3S/c26-20-16-8-1-2-9-17(16)21(27)25(20)12-5-6-14-29-15-7-13-24-19-11-4-3-10-18(19)23-22(24)28/h1-4,8-11H,5-7,12-15H2,(H,23,28). The molecule has 2 amide bonds. The quantitative estimate of drug-likeness (QED) is 0.433. The number of thioether (sulfide) groups is 1. The van der Waals surface area contributed by atoms with Crippen LogP contribution >= 0.6 is 11.8 Å². The molecule has 0 bridgehead atoms. The summed E-state index contributed by atoms with van der Waals surface area (Å²) in [7, 11) is 0. The Hall–Kier alpha value is -2.80. The first kappa shape index (κ1) is 19.5. The first-order valence-electron chi connectivity index (χ1n) is 9.87. The number of amides is 2. The molecule has 1 aliphatic rings. The van der Waals surface area contributed by atoms with Crippen LogP contribution in [-0.4, -0.2) is 44.3 Å². The number of carbonyl (C=O) groups is 2. The Bertz CT molecular complexity index is 1070. The van der Waals surface area contributed by atoms with Gasteiger partial charge in [-0.2, -0.15) is 11.8 Å². The maximum absolute atomic E-state index is 12.3. The lowest BCUT2D eigenvalue weighted by molar-refractivity contribution is 0.0652. The lowest BCUT2D eigenvalue weighted by Gasteiger charge is -2.13. The summed E-state index contributed by atoms with van der Waals surface area (Å²) in [6.45, 7) is 1.17. The van der Waals surface area contributed by atoms with Gasteiger partial charge in [-0.1, -0.05) is 24.3 Å². The average molecular weight is 410 g/mol. The van der Waals surface area contributed by atoms with E-state index in [0.29, 0.717) is 24.2 Å². The van der Waals surface area contributed by atoms with Crippen LogP contribution in [0.25, 0.3) is 11.0 Å². The number of imide groups is 1. The van der Waals surface area contributed by atoms with E-state index in [9.17, 15) is 14.4 Å². The highest BCUT2D eigenvalue weighted by molar-refractivity contribution is 7.99. The third-order valence-corrected chi connectivity index (χ3v) is 6.31. The number of aromatic nitrogens is 2. The van der Waals surface area contributed by atoms with Crippen molar-refractivity contribution in [3.63, 3.8) is 0 Å². The zero-order valence-electron chi connectivity index (χ0n) is 16.1. The van der Waals surface area contributed by atoms with Crippen molar-refractivity contribution in [2.45, 2.75) is 25.8 Å². The van der Waals surface area contributed by atoms with Crippen LogP contribution < -0.4 is 5.69 Å². The van der Waals surface area contributed by atoms with Gasteiger partial charge < -0.3 is 4.98 Å². The smallest absolute Gasteiger partial charge is 0.306 e. The molecular formula is C22H23N3O3S. The molecule has 150 valence electrons. The molecule has 1 aromatic heterocycles. The van der Waals surface area contributed by atoms with E-state index in [2.05, 4.69) is 4.98 Å². The third kappa shape index (κ3) is 4.00. The van der Waals surface area contributed by atoms with Gasteiger partial charge in [-0.15, -0.1) is 0 Å². The van der Waals surface area contributed by atoms with Gasteiger partial charge in [0.15, 0.2) is 0 Å². The van der Waals surface area contributed by atoms with E-state index in [1.807, 2.05) is 36.0 Å². The molecule has 3 aromatic rings. The molecule has 2 aromatic carbocycles. The van der Waals surface area contributed by atoms with Crippen molar-refractivity contribution in [1.82, 2.24) is 14.5 Å². The molecular weight excluding hydrogens is 386 g/mol. The van der Waals surface area contributed by atoms with Gasteiger partial charge in [-0.05, 0) is 55.0 Å². The first-order valence-corrected chi connectivity index (χ1v) is 11.0. The number of hydrogen-bond donors (Lipinski definition) is 1. The highest BCUT2D eigenvalue weighted by atomic mass is 32.2. The van der Waals surface area contributed by atoms with Gasteiger partial charge >= 0.3 is 5.69 Å². The number of nitrogens with zero attached hydrogens (tertiary/aromatic N) is 2. The van der Waals surface area contributed by atoms with E-state index < -0.39 is 0 Å². The van der Waals surface area contributed by atoms with Crippen LogP contribution in [0.4, 0.5) is 0 Å². The van der Waals surface area contributed by atoms with Crippen molar-refractivity contribution in [3.05, 3.63) is 70.1 Å². The van der Waals surface area contributed by atoms with Gasteiger partial charge in [0.2, 0.25) is 0 Å². The Morgan fingerprint density at radius 1 is 0.759 bits per heavy atom. The SMILES string of the molecule is O=C1c2ccccc2C(=O)N1CCCCSCCCn1c(=O)[nH]c2ccccc21. The summed E-state index contributed by atoms with van der Waals surface area (Å²) in [5.74, 6) is 1.59. The number of carbonyl (C=O) groups excluding carboxylic acids is 2. The fourth-order valence-corrected chi connectivity index (χ4v) is 4.62. The predicted molar refractivity (Wildman–Crippen MR) is 116 cm³/mol. The highest BCUT2D eigenvalue weighted by Crippen LogP contribution is 2.22. The van der Waals surface area contributed by atoms with Gasteiger partial charge in [-0.25, -0.2) is 4.79 Å². The number of hydrogen-bond acceptors (Lipinski definition) is 4. The summed E-state index contributed by atoms with van der Waals surface area (Å²) in [6.07, 6.45) is 2.68. The van der Waals surface area contributed by atoms with Crippen LogP contribution in [-0.2, 0) is 6.54 Å².